The van der Waals surface area contributed by atoms with E-state index in [9.17, 15) is 28.8 Å². The van der Waals surface area contributed by atoms with E-state index in [4.69, 9.17) is 79.8 Å². The van der Waals surface area contributed by atoms with Gasteiger partial charge in [0.25, 0.3) is 0 Å². The number of aliphatic carboxylic acids is 2. The van der Waals surface area contributed by atoms with Gasteiger partial charge in [-0.1, -0.05) is 189 Å². The largest absolute Gasteiger partial charge is 0.481 e. The van der Waals surface area contributed by atoms with Crippen LogP contribution in [0.25, 0.3) is 0 Å². The Balaban J connectivity index is -0.000000164. The summed E-state index contributed by atoms with van der Waals surface area (Å²) < 4.78 is 0. The number of carbonyl (C=O) groups excluding carboxylic acids is 4. The monoisotopic (exact) mass is 1050 g/mol. The van der Waals surface area contributed by atoms with Gasteiger partial charge in [-0.3, -0.25) is 28.8 Å². The first-order chi connectivity index (χ1) is 30.5. The van der Waals surface area contributed by atoms with E-state index < -0.39 is 11.9 Å². The Kier molecular flexibility index (Phi) is 56.2. The summed E-state index contributed by atoms with van der Waals surface area (Å²) in [6.45, 7) is 30.5. The molecule has 0 amide bonds. The minimum atomic E-state index is -0.755. The molecular weight excluding hydrogens is 965 g/mol. The van der Waals surface area contributed by atoms with Gasteiger partial charge in [0.2, 0.25) is 0 Å². The number of allylic oxidation sites excluding steroid dienone is 6. The number of hydrogen-bond donors (Lipinski definition) is 2. The van der Waals surface area contributed by atoms with Crippen LogP contribution in [0.1, 0.15) is 149 Å². The molecule has 0 aromatic carbocycles. The Hall–Kier alpha value is -2.20. The summed E-state index contributed by atoms with van der Waals surface area (Å²) in [5, 5.41) is 17.4. The van der Waals surface area contributed by atoms with Crippen LogP contribution in [-0.4, -0.2) is 45.3 Å². The molecule has 2 N–H and O–H groups in total. The van der Waals surface area contributed by atoms with E-state index in [1.54, 1.807) is 39.8 Å². The zero-order valence-electron chi connectivity index (χ0n) is 42.7. The molecule has 0 spiro atoms. The van der Waals surface area contributed by atoms with Crippen LogP contribution in [0.15, 0.2) is 69.7 Å². The zero-order valence-corrected chi connectivity index (χ0v) is 47.2. The molecule has 0 radical (unpaired) electrons. The van der Waals surface area contributed by atoms with E-state index in [1.807, 2.05) is 107 Å². The standard InChI is InChI=1S/4C9H15ClO.2C8H13ClO2/c4*1-7(2)9(8(3)11)5-4-6-10;2*1-6(2)7(8(10)11)4-3-5-9/h4*4,6-7,9H,5H2,1-3H3;2*3,5-7H,4H2,1-2H3,(H,10,11)/b4*6-4+;2*5-3+/t2*9-;;;2*7-/m10..10/s1. The fourth-order valence-electron chi connectivity index (χ4n) is 6.13. The van der Waals surface area contributed by atoms with Gasteiger partial charge in [0, 0.05) is 56.9 Å². The van der Waals surface area contributed by atoms with Gasteiger partial charge in [-0.25, -0.2) is 0 Å². The number of carboxylic acids is 2. The van der Waals surface area contributed by atoms with Gasteiger partial charge in [-0.2, -0.15) is 0 Å². The molecule has 0 saturated heterocycles. The predicted octanol–water partition coefficient (Wildman–Crippen LogP) is 16.9. The third-order valence-electron chi connectivity index (χ3n) is 10.4. The Morgan fingerprint density at radius 1 is 0.303 bits per heavy atom. The van der Waals surface area contributed by atoms with Crippen molar-refractivity contribution in [1.29, 1.82) is 0 Å². The normalized spacial score (nSPS) is 14.2. The van der Waals surface area contributed by atoms with E-state index >= 15 is 0 Å². The van der Waals surface area contributed by atoms with Crippen molar-refractivity contribution >= 4 is 105 Å². The first-order valence-electron chi connectivity index (χ1n) is 22.5. The molecule has 6 atom stereocenters. The molecule has 0 aromatic rings. The average molecular weight is 1050 g/mol. The van der Waals surface area contributed by atoms with Crippen LogP contribution >= 0.6 is 69.6 Å². The molecule has 14 heteroatoms. The molecule has 0 aromatic heterocycles. The predicted molar refractivity (Wildman–Crippen MR) is 286 cm³/mol. The van der Waals surface area contributed by atoms with Crippen molar-refractivity contribution in [3.05, 3.63) is 69.7 Å². The highest BCUT2D eigenvalue weighted by Crippen LogP contribution is 2.20. The molecule has 0 heterocycles. The summed E-state index contributed by atoms with van der Waals surface area (Å²) in [5.41, 5.74) is 8.60. The lowest BCUT2D eigenvalue weighted by atomic mass is 9.89. The molecule has 0 aliphatic heterocycles. The number of rotatable bonds is 24. The summed E-state index contributed by atoms with van der Waals surface area (Å²) in [4.78, 5) is 65.2. The van der Waals surface area contributed by atoms with Gasteiger partial charge >= 0.3 is 11.9 Å². The highest BCUT2D eigenvalue weighted by atomic mass is 35.5. The molecule has 0 bridgehead atoms. The molecule has 0 aliphatic carbocycles. The molecule has 66 heavy (non-hydrogen) atoms. The number of hydrogen-bond acceptors (Lipinski definition) is 6. The number of ketones is 4. The molecule has 0 fully saturated rings. The van der Waals surface area contributed by atoms with Crippen LogP contribution < -0.4 is 0 Å². The average Bonchev–Trinajstić information content (AvgIpc) is 3.18. The summed E-state index contributed by atoms with van der Waals surface area (Å²) >= 11 is 32.0. The number of carbonyl (C=O) groups is 6. The molecule has 8 nitrogen and oxygen atoms in total. The van der Waals surface area contributed by atoms with Gasteiger partial charge in [0.1, 0.15) is 23.1 Å². The van der Waals surface area contributed by atoms with Crippen LogP contribution in [0.2, 0.25) is 0 Å². The molecule has 384 valence electrons. The molecule has 0 rings (SSSR count). The summed E-state index contributed by atoms with van der Waals surface area (Å²) in [5.74, 6) is 1.28. The van der Waals surface area contributed by atoms with Crippen molar-refractivity contribution in [2.24, 2.45) is 71.0 Å². The van der Waals surface area contributed by atoms with Gasteiger partial charge < -0.3 is 10.2 Å². The highest BCUT2D eigenvalue weighted by Gasteiger charge is 2.21. The van der Waals surface area contributed by atoms with Gasteiger partial charge in [0.15, 0.2) is 0 Å². The summed E-state index contributed by atoms with van der Waals surface area (Å²) in [6.07, 6.45) is 14.7. The van der Waals surface area contributed by atoms with E-state index in [0.717, 1.165) is 25.7 Å². The maximum absolute atomic E-state index is 11.0. The van der Waals surface area contributed by atoms with Gasteiger partial charge in [-0.05, 0) is 102 Å². The van der Waals surface area contributed by atoms with E-state index in [2.05, 4.69) is 0 Å². The zero-order chi connectivity index (χ0) is 53.1. The van der Waals surface area contributed by atoms with E-state index in [-0.39, 0.29) is 70.5 Å². The van der Waals surface area contributed by atoms with Crippen LogP contribution in [-0.2, 0) is 28.8 Å². The van der Waals surface area contributed by atoms with Crippen LogP contribution in [0.5, 0.6) is 0 Å². The van der Waals surface area contributed by atoms with Crippen molar-refractivity contribution in [3.63, 3.8) is 0 Å². The first kappa shape index (κ1) is 75.3. The fourth-order valence-corrected chi connectivity index (χ4v) is 6.75. The van der Waals surface area contributed by atoms with Crippen molar-refractivity contribution in [2.75, 3.05) is 0 Å². The number of halogens is 6. The quantitative estimate of drug-likeness (QED) is 0.0973. The van der Waals surface area contributed by atoms with Crippen LogP contribution in [0.3, 0.4) is 0 Å². The molecular formula is C52H86Cl6O8. The molecule has 0 aliphatic rings. The van der Waals surface area contributed by atoms with Crippen LogP contribution in [0, 0.1) is 71.0 Å². The summed E-state index contributed by atoms with van der Waals surface area (Å²) in [7, 11) is 0. The molecule has 2 unspecified atom stereocenters. The smallest absolute Gasteiger partial charge is 0.307 e. The van der Waals surface area contributed by atoms with E-state index in [0.29, 0.717) is 36.5 Å². The summed E-state index contributed by atoms with van der Waals surface area (Å²) in [6, 6.07) is 0. The SMILES string of the molecule is CC(=O)C(C/C=C/Cl)C(C)C.CC(=O)C(C/C=C/Cl)C(C)C.CC(=O)[C@@H](C/C=C/Cl)C(C)C.CC(=O)[C@H](C/C=C/Cl)C(C)C.CC(C)[C@@H](C/C=C/Cl)C(=O)O.CC(C)[C@H](C/C=C/Cl)C(=O)O. The van der Waals surface area contributed by atoms with Gasteiger partial charge in [0.05, 0.1) is 11.8 Å². The van der Waals surface area contributed by atoms with Crippen LogP contribution in [0.4, 0.5) is 0 Å². The maximum Gasteiger partial charge on any atom is 0.307 e. The van der Waals surface area contributed by atoms with Crippen molar-refractivity contribution in [3.8, 4) is 0 Å². The Bertz CT molecular complexity index is 1180. The minimum absolute atomic E-state index is 0.130. The third kappa shape index (κ3) is 46.9. The molecule has 0 saturated carbocycles. The second-order valence-corrected chi connectivity index (χ2v) is 19.3. The lowest BCUT2D eigenvalue weighted by Gasteiger charge is -2.14. The maximum atomic E-state index is 11.0. The van der Waals surface area contributed by atoms with Gasteiger partial charge in [-0.15, -0.1) is 0 Å². The third-order valence-corrected chi connectivity index (χ3v) is 11.5. The second kappa shape index (κ2) is 49.2. The Labute approximate surface area is 431 Å². The Morgan fingerprint density at radius 3 is 0.500 bits per heavy atom. The number of carboxylic acid groups (broad SMARTS) is 2. The topological polar surface area (TPSA) is 143 Å². The Morgan fingerprint density at radius 2 is 0.424 bits per heavy atom. The minimum Gasteiger partial charge on any atom is -0.481 e. The second-order valence-electron chi connectivity index (χ2n) is 17.8. The lowest BCUT2D eigenvalue weighted by molar-refractivity contribution is -0.144. The highest BCUT2D eigenvalue weighted by molar-refractivity contribution is 6.26. The van der Waals surface area contributed by atoms with Crippen molar-refractivity contribution < 1.29 is 39.0 Å². The lowest BCUT2D eigenvalue weighted by Crippen LogP contribution is -2.18. The fraction of sp³-hybridized carbons (Fsp3) is 0.654. The van der Waals surface area contributed by atoms with Crippen molar-refractivity contribution in [2.45, 2.75) is 149 Å². The first-order valence-corrected chi connectivity index (χ1v) is 25.2. The number of Topliss-reactive ketones (excluding diaryl/α,β-unsaturated/α-hetero) is 4. The van der Waals surface area contributed by atoms with E-state index in [1.165, 1.54) is 33.2 Å². The van der Waals surface area contributed by atoms with Crippen molar-refractivity contribution in [1.82, 2.24) is 0 Å².